The van der Waals surface area contributed by atoms with Gasteiger partial charge in [0.05, 0.1) is 23.6 Å². The standard InChI is InChI=1S/C30H35F3N4O6S/c1-29(2,40)20-9-12-22(13-10-20)37-27(35-25(38)18-44(3,41)42)26-24(36-37)17-21(34-28(26)39)11-8-19-6-4-7-23(16-19)43-15-5-14-30(31,32)33/h4,6-7,9-10,12-13,16,21,40H,5,8,11,14-15,17-18H2,1-3H3,(H,34,39)(H,35,38)/t21-/m0/s1. The van der Waals surface area contributed by atoms with Crippen LogP contribution in [0.3, 0.4) is 0 Å². The number of aromatic nitrogens is 2. The molecule has 3 aromatic rings. The van der Waals surface area contributed by atoms with Crippen molar-refractivity contribution < 1.29 is 41.0 Å². The Balaban J connectivity index is 1.51. The van der Waals surface area contributed by atoms with E-state index in [0.717, 1.165) is 11.8 Å². The van der Waals surface area contributed by atoms with Crippen LogP contribution in [0.25, 0.3) is 5.69 Å². The topological polar surface area (TPSA) is 140 Å². The van der Waals surface area contributed by atoms with E-state index >= 15 is 0 Å². The summed E-state index contributed by atoms with van der Waals surface area (Å²) < 4.78 is 67.5. The van der Waals surface area contributed by atoms with Gasteiger partial charge in [-0.15, -0.1) is 0 Å². The van der Waals surface area contributed by atoms with E-state index in [4.69, 9.17) is 4.74 Å². The summed E-state index contributed by atoms with van der Waals surface area (Å²) in [6.45, 7) is 3.21. The van der Waals surface area contributed by atoms with Crippen molar-refractivity contribution in [1.29, 1.82) is 0 Å². The second kappa shape index (κ2) is 13.0. The molecule has 0 saturated carbocycles. The summed E-state index contributed by atoms with van der Waals surface area (Å²) in [5, 5.41) is 20.4. The van der Waals surface area contributed by atoms with Crippen molar-refractivity contribution in [2.75, 3.05) is 23.9 Å². The van der Waals surface area contributed by atoms with Gasteiger partial charge in [0.2, 0.25) is 5.91 Å². The lowest BCUT2D eigenvalue weighted by Crippen LogP contribution is -2.41. The summed E-state index contributed by atoms with van der Waals surface area (Å²) in [5.41, 5.74) is 1.45. The van der Waals surface area contributed by atoms with Gasteiger partial charge in [-0.3, -0.25) is 9.59 Å². The number of hydrogen-bond acceptors (Lipinski definition) is 7. The van der Waals surface area contributed by atoms with E-state index in [9.17, 15) is 36.3 Å². The van der Waals surface area contributed by atoms with Crippen molar-refractivity contribution in [2.24, 2.45) is 0 Å². The average Bonchev–Trinajstić information content (AvgIpc) is 3.26. The number of carbonyl (C=O) groups is 2. The van der Waals surface area contributed by atoms with E-state index in [-0.39, 0.29) is 30.5 Å². The van der Waals surface area contributed by atoms with Crippen molar-refractivity contribution in [3.63, 3.8) is 0 Å². The molecule has 0 bridgehead atoms. The Bertz CT molecular complexity index is 1610. The molecule has 0 aliphatic carbocycles. The van der Waals surface area contributed by atoms with Gasteiger partial charge >= 0.3 is 6.18 Å². The highest BCUT2D eigenvalue weighted by Crippen LogP contribution is 2.30. The highest BCUT2D eigenvalue weighted by atomic mass is 32.2. The van der Waals surface area contributed by atoms with Gasteiger partial charge in [-0.2, -0.15) is 18.3 Å². The number of ether oxygens (including phenoxy) is 1. The van der Waals surface area contributed by atoms with Gasteiger partial charge in [-0.1, -0.05) is 24.3 Å². The predicted molar refractivity (Wildman–Crippen MR) is 158 cm³/mol. The second-order valence-corrected chi connectivity index (χ2v) is 13.6. The Morgan fingerprint density at radius 2 is 1.89 bits per heavy atom. The number of sulfone groups is 1. The lowest BCUT2D eigenvalue weighted by atomic mass is 9.96. The zero-order valence-corrected chi connectivity index (χ0v) is 25.4. The van der Waals surface area contributed by atoms with Crippen molar-refractivity contribution in [1.82, 2.24) is 15.1 Å². The summed E-state index contributed by atoms with van der Waals surface area (Å²) in [7, 11) is -3.64. The van der Waals surface area contributed by atoms with Crippen LogP contribution in [0.5, 0.6) is 5.75 Å². The zero-order valence-electron chi connectivity index (χ0n) is 24.6. The lowest BCUT2D eigenvalue weighted by molar-refractivity contribution is -0.136. The number of alkyl halides is 3. The SMILES string of the molecule is CC(C)(O)c1ccc(-n2nc3c(c2NC(=O)CS(C)(=O)=O)C(=O)N[C@@H](CCc2cccc(OCCCC(F)(F)F)c2)C3)cc1. The lowest BCUT2D eigenvalue weighted by Gasteiger charge is -2.23. The number of halogens is 3. The van der Waals surface area contributed by atoms with E-state index in [1.54, 1.807) is 56.3 Å². The van der Waals surface area contributed by atoms with Crippen LogP contribution in [0, 0.1) is 0 Å². The summed E-state index contributed by atoms with van der Waals surface area (Å²) in [6, 6.07) is 13.5. The largest absolute Gasteiger partial charge is 0.494 e. The number of aryl methyl sites for hydroxylation is 1. The Morgan fingerprint density at radius 1 is 1.18 bits per heavy atom. The Morgan fingerprint density at radius 3 is 2.52 bits per heavy atom. The molecule has 44 heavy (non-hydrogen) atoms. The molecule has 10 nitrogen and oxygen atoms in total. The number of fused-ring (bicyclic) bond motifs is 1. The summed E-state index contributed by atoms with van der Waals surface area (Å²) in [6.07, 6.45) is -2.96. The highest BCUT2D eigenvalue weighted by molar-refractivity contribution is 7.91. The minimum atomic E-state index is -4.23. The van der Waals surface area contributed by atoms with Gasteiger partial charge in [-0.25, -0.2) is 13.1 Å². The average molecular weight is 637 g/mol. The fourth-order valence-corrected chi connectivity index (χ4v) is 5.42. The van der Waals surface area contributed by atoms with Gasteiger partial charge in [0.1, 0.15) is 22.9 Å². The molecule has 1 aliphatic rings. The molecule has 14 heteroatoms. The molecule has 0 saturated heterocycles. The molecule has 1 aliphatic heterocycles. The Hall–Kier alpha value is -3.91. The van der Waals surface area contributed by atoms with Crippen LogP contribution in [0.2, 0.25) is 0 Å². The maximum atomic E-state index is 13.3. The minimum absolute atomic E-state index is 0.0379. The first-order chi connectivity index (χ1) is 20.5. The van der Waals surface area contributed by atoms with Crippen molar-refractivity contribution in [2.45, 2.75) is 63.8 Å². The molecule has 1 atom stereocenters. The summed E-state index contributed by atoms with van der Waals surface area (Å²) in [4.78, 5) is 25.9. The molecule has 4 rings (SSSR count). The van der Waals surface area contributed by atoms with E-state index in [1.807, 2.05) is 6.07 Å². The number of hydrogen-bond donors (Lipinski definition) is 3. The van der Waals surface area contributed by atoms with Gasteiger partial charge in [-0.05, 0) is 68.5 Å². The van der Waals surface area contributed by atoms with Crippen LogP contribution in [0.1, 0.15) is 60.3 Å². The first-order valence-corrected chi connectivity index (χ1v) is 16.1. The summed E-state index contributed by atoms with van der Waals surface area (Å²) >= 11 is 0. The summed E-state index contributed by atoms with van der Waals surface area (Å²) in [5.74, 6) is -1.58. The maximum Gasteiger partial charge on any atom is 0.389 e. The molecule has 2 heterocycles. The van der Waals surface area contributed by atoms with Gasteiger partial charge in [0, 0.05) is 25.1 Å². The van der Waals surface area contributed by atoms with Crippen LogP contribution in [-0.4, -0.2) is 66.0 Å². The van der Waals surface area contributed by atoms with Gasteiger partial charge in [0.15, 0.2) is 9.84 Å². The number of amides is 2. The van der Waals surface area contributed by atoms with E-state index < -0.39 is 45.6 Å². The van der Waals surface area contributed by atoms with Crippen LogP contribution in [0.4, 0.5) is 19.0 Å². The predicted octanol–water partition coefficient (Wildman–Crippen LogP) is 4.09. The first-order valence-electron chi connectivity index (χ1n) is 14.0. The third-order valence-electron chi connectivity index (χ3n) is 6.98. The first kappa shape index (κ1) is 33.0. The van der Waals surface area contributed by atoms with E-state index in [2.05, 4.69) is 15.7 Å². The number of anilines is 1. The van der Waals surface area contributed by atoms with Crippen LogP contribution >= 0.6 is 0 Å². The molecule has 0 unspecified atom stereocenters. The zero-order chi connectivity index (χ0) is 32.3. The molecule has 3 N–H and O–H groups in total. The quantitative estimate of drug-likeness (QED) is 0.255. The monoisotopic (exact) mass is 636 g/mol. The molecule has 2 aromatic carbocycles. The fraction of sp³-hybridized carbons (Fsp3) is 0.433. The van der Waals surface area contributed by atoms with Gasteiger partial charge in [0.25, 0.3) is 5.91 Å². The van der Waals surface area contributed by atoms with Crippen molar-refractivity contribution in [3.05, 3.63) is 70.9 Å². The number of rotatable bonds is 12. The number of nitrogens with zero attached hydrogens (tertiary/aromatic N) is 2. The van der Waals surface area contributed by atoms with Crippen molar-refractivity contribution in [3.8, 4) is 11.4 Å². The van der Waals surface area contributed by atoms with Crippen LogP contribution in [0.15, 0.2) is 48.5 Å². The molecule has 1 aromatic heterocycles. The molecular weight excluding hydrogens is 601 g/mol. The Labute approximate surface area is 253 Å². The number of benzene rings is 2. The molecule has 0 fully saturated rings. The molecular formula is C30H35F3N4O6S. The van der Waals surface area contributed by atoms with E-state index in [1.165, 1.54) is 4.68 Å². The molecule has 238 valence electrons. The minimum Gasteiger partial charge on any atom is -0.494 e. The molecule has 0 radical (unpaired) electrons. The third-order valence-corrected chi connectivity index (χ3v) is 7.77. The molecule has 2 amide bonds. The number of nitrogens with one attached hydrogen (secondary N) is 2. The smallest absolute Gasteiger partial charge is 0.389 e. The number of carbonyl (C=O) groups excluding carboxylic acids is 2. The third kappa shape index (κ3) is 9.05. The highest BCUT2D eigenvalue weighted by Gasteiger charge is 2.33. The maximum absolute atomic E-state index is 13.3. The van der Waals surface area contributed by atoms with Crippen LogP contribution in [-0.2, 0) is 33.1 Å². The second-order valence-electron chi connectivity index (χ2n) is 11.4. The molecule has 0 spiro atoms. The Kier molecular flexibility index (Phi) is 9.74. The van der Waals surface area contributed by atoms with Crippen molar-refractivity contribution >= 4 is 27.5 Å². The van der Waals surface area contributed by atoms with Gasteiger partial charge < -0.3 is 20.5 Å². The normalized spacial score (nSPS) is 15.4. The van der Waals surface area contributed by atoms with Crippen LogP contribution < -0.4 is 15.4 Å². The fourth-order valence-electron chi connectivity index (χ4n) is 4.87. The number of aliphatic hydroxyl groups is 1. The van der Waals surface area contributed by atoms with E-state index in [0.29, 0.717) is 42.0 Å².